The lowest BCUT2D eigenvalue weighted by Gasteiger charge is -2.13. The zero-order valence-electron chi connectivity index (χ0n) is 28.7. The van der Waals surface area contributed by atoms with E-state index in [0.29, 0.717) is 16.7 Å². The van der Waals surface area contributed by atoms with E-state index in [1.165, 1.54) is 38.5 Å². The van der Waals surface area contributed by atoms with Crippen LogP contribution < -0.4 is 0 Å². The van der Waals surface area contributed by atoms with Gasteiger partial charge in [-0.25, -0.2) is 15.0 Å². The Hall–Kier alpha value is -3.01. The Labute approximate surface area is 298 Å². The Bertz CT molecular complexity index is 1560. The van der Waals surface area contributed by atoms with E-state index in [1.807, 2.05) is 36.4 Å². The summed E-state index contributed by atoms with van der Waals surface area (Å²) in [6.07, 6.45) is 11.4. The summed E-state index contributed by atoms with van der Waals surface area (Å²) in [5.74, 6) is 9.40. The molecule has 0 fully saturated rings. The van der Waals surface area contributed by atoms with Crippen molar-refractivity contribution in [1.82, 2.24) is 15.0 Å². The van der Waals surface area contributed by atoms with Crippen LogP contribution >= 0.6 is 34.0 Å². The number of hydrogen-bond acceptors (Lipinski definition) is 8. The number of aromatic hydroxyl groups is 3. The van der Waals surface area contributed by atoms with Gasteiger partial charge in [0, 0.05) is 9.79 Å². The fraction of sp³-hybridized carbons (Fsp3) is 0.436. The minimum atomic E-state index is 0.0757. The molecule has 0 spiro atoms. The zero-order chi connectivity index (χ0) is 34.3. The number of benzene rings is 3. The van der Waals surface area contributed by atoms with Gasteiger partial charge in [0.15, 0.2) is 17.5 Å². The lowest BCUT2D eigenvalue weighted by Crippen LogP contribution is -2.01. The van der Waals surface area contributed by atoms with Crippen molar-refractivity contribution in [3.63, 3.8) is 0 Å². The molecule has 0 bridgehead atoms. The lowest BCUT2D eigenvalue weighted by molar-refractivity contribution is 0.475. The average Bonchev–Trinajstić information content (AvgIpc) is 3.08. The molecule has 1 aromatic heterocycles. The van der Waals surface area contributed by atoms with Gasteiger partial charge in [-0.3, -0.25) is 0 Å². The first-order valence-corrected chi connectivity index (χ1v) is 21.0. The Morgan fingerprint density at radius 3 is 1.46 bits per heavy atom. The van der Waals surface area contributed by atoms with Crippen LogP contribution in [0, 0.1) is 0 Å². The first kappa shape index (κ1) is 37.8. The van der Waals surface area contributed by atoms with Crippen LogP contribution in [0.1, 0.15) is 84.1 Å². The van der Waals surface area contributed by atoms with E-state index < -0.39 is 0 Å². The summed E-state index contributed by atoms with van der Waals surface area (Å²) in [5.41, 5.74) is 2.43. The SMILES string of the molecule is C=S(CC)CCCc1ccc(-c2nc(-c3ccc(SCCCCCC)cc3O)nc(-c3ccc(SCCCCCC)cc3O)n2)c(O)c1. The van der Waals surface area contributed by atoms with Crippen LogP contribution in [0.5, 0.6) is 17.2 Å². The van der Waals surface area contributed by atoms with Crippen LogP contribution in [0.25, 0.3) is 34.2 Å². The van der Waals surface area contributed by atoms with E-state index >= 15 is 0 Å². The van der Waals surface area contributed by atoms with E-state index in [-0.39, 0.29) is 45.2 Å². The number of hydrogen-bond donors (Lipinski definition) is 3. The van der Waals surface area contributed by atoms with Gasteiger partial charge in [-0.05, 0) is 103 Å². The minimum absolute atomic E-state index is 0.0757. The van der Waals surface area contributed by atoms with Gasteiger partial charge in [-0.2, -0.15) is 10.5 Å². The second-order valence-electron chi connectivity index (χ2n) is 12.0. The highest BCUT2D eigenvalue weighted by Gasteiger charge is 2.19. The molecule has 9 heteroatoms. The predicted molar refractivity (Wildman–Crippen MR) is 209 cm³/mol. The second kappa shape index (κ2) is 19.9. The van der Waals surface area contributed by atoms with Crippen molar-refractivity contribution in [2.24, 2.45) is 0 Å². The Morgan fingerprint density at radius 2 is 1.04 bits per heavy atom. The number of rotatable bonds is 20. The molecule has 0 radical (unpaired) electrons. The van der Waals surface area contributed by atoms with Gasteiger partial charge in [0.25, 0.3) is 0 Å². The molecule has 0 aliphatic carbocycles. The van der Waals surface area contributed by atoms with Gasteiger partial charge in [-0.1, -0.05) is 71.2 Å². The highest BCUT2D eigenvalue weighted by Crippen LogP contribution is 2.38. The first-order valence-electron chi connectivity index (χ1n) is 17.3. The molecule has 4 aromatic rings. The molecule has 258 valence electrons. The van der Waals surface area contributed by atoms with Crippen molar-refractivity contribution in [2.45, 2.75) is 94.8 Å². The van der Waals surface area contributed by atoms with E-state index in [9.17, 15) is 15.3 Å². The third kappa shape index (κ3) is 11.3. The molecular weight excluding hydrogens is 655 g/mol. The Morgan fingerprint density at radius 1 is 0.583 bits per heavy atom. The van der Waals surface area contributed by atoms with Crippen molar-refractivity contribution < 1.29 is 15.3 Å². The Kier molecular flexibility index (Phi) is 15.6. The predicted octanol–water partition coefficient (Wildman–Crippen LogP) is 11.0. The molecule has 4 rings (SSSR count). The van der Waals surface area contributed by atoms with E-state index in [2.05, 4.69) is 26.6 Å². The van der Waals surface area contributed by atoms with Crippen LogP contribution in [-0.4, -0.2) is 59.2 Å². The monoisotopic (exact) mass is 705 g/mol. The molecule has 0 amide bonds. The standard InChI is InChI=1S/C39H51N3O3S3/c1-5-8-10-12-22-46-29-17-20-32(35(44)26-29)38-40-37(31-19-16-28(25-34(31)43)15-14-24-48(4)7-3)41-39(42-38)33-21-18-30(27-36(33)45)47-23-13-11-9-6-2/h16-21,25-27,43-45H,4-15,22-24H2,1-3H3. The zero-order valence-corrected chi connectivity index (χ0v) is 31.2. The van der Waals surface area contributed by atoms with E-state index in [4.69, 9.17) is 15.0 Å². The molecule has 0 aliphatic rings. The maximum absolute atomic E-state index is 11.2. The van der Waals surface area contributed by atoms with Gasteiger partial charge in [-0.15, -0.1) is 23.5 Å². The normalized spacial score (nSPS) is 12.0. The van der Waals surface area contributed by atoms with Crippen LogP contribution in [0.15, 0.2) is 64.4 Å². The van der Waals surface area contributed by atoms with Crippen LogP contribution in [0.4, 0.5) is 0 Å². The highest BCUT2D eigenvalue weighted by atomic mass is 32.2. The number of phenols is 3. The van der Waals surface area contributed by atoms with Crippen molar-refractivity contribution in [2.75, 3.05) is 23.0 Å². The molecule has 1 unspecified atom stereocenters. The molecule has 48 heavy (non-hydrogen) atoms. The largest absolute Gasteiger partial charge is 0.507 e. The summed E-state index contributed by atoms with van der Waals surface area (Å²) in [7, 11) is 0.171. The molecular formula is C39H51N3O3S3. The number of unbranched alkanes of at least 4 members (excludes halogenated alkanes) is 6. The summed E-state index contributed by atoms with van der Waals surface area (Å²) < 4.78 is 0. The quantitative estimate of drug-likeness (QED) is 0.0475. The fourth-order valence-corrected chi connectivity index (χ4v) is 8.03. The van der Waals surface area contributed by atoms with Crippen molar-refractivity contribution in [1.29, 1.82) is 0 Å². The third-order valence-electron chi connectivity index (χ3n) is 8.20. The number of nitrogens with zero attached hydrogens (tertiary/aromatic N) is 3. The number of phenolic OH excluding ortho intramolecular Hbond substituents is 3. The van der Waals surface area contributed by atoms with Gasteiger partial charge in [0.05, 0.1) is 16.7 Å². The van der Waals surface area contributed by atoms with Crippen molar-refractivity contribution in [3.05, 3.63) is 60.2 Å². The molecule has 0 saturated heterocycles. The summed E-state index contributed by atoms with van der Waals surface area (Å²) in [6.45, 7) is 6.58. The fourth-order valence-electron chi connectivity index (χ4n) is 5.30. The van der Waals surface area contributed by atoms with Crippen LogP contribution in [-0.2, 0) is 6.42 Å². The molecule has 3 N–H and O–H groups in total. The summed E-state index contributed by atoms with van der Waals surface area (Å²) in [5, 5.41) is 33.5. The molecule has 1 atom stereocenters. The molecule has 0 aliphatic heterocycles. The highest BCUT2D eigenvalue weighted by molar-refractivity contribution is 8.14. The smallest absolute Gasteiger partial charge is 0.167 e. The number of aromatic nitrogens is 3. The van der Waals surface area contributed by atoms with Gasteiger partial charge in [0.2, 0.25) is 0 Å². The van der Waals surface area contributed by atoms with Gasteiger partial charge < -0.3 is 15.3 Å². The summed E-state index contributed by atoms with van der Waals surface area (Å²) >= 11 is 3.46. The molecule has 1 heterocycles. The topological polar surface area (TPSA) is 99.4 Å². The summed E-state index contributed by atoms with van der Waals surface area (Å²) in [4.78, 5) is 16.2. The second-order valence-corrected chi connectivity index (χ2v) is 16.6. The maximum Gasteiger partial charge on any atom is 0.167 e. The average molecular weight is 706 g/mol. The van der Waals surface area contributed by atoms with Crippen molar-refractivity contribution >= 4 is 39.9 Å². The maximum atomic E-state index is 11.2. The van der Waals surface area contributed by atoms with Crippen molar-refractivity contribution in [3.8, 4) is 51.4 Å². The Balaban J connectivity index is 1.66. The van der Waals surface area contributed by atoms with Gasteiger partial charge >= 0.3 is 0 Å². The van der Waals surface area contributed by atoms with Gasteiger partial charge in [0.1, 0.15) is 17.2 Å². The number of aryl methyl sites for hydroxylation is 1. The first-order chi connectivity index (χ1) is 23.3. The minimum Gasteiger partial charge on any atom is -0.507 e. The van der Waals surface area contributed by atoms with Crippen LogP contribution in [0.3, 0.4) is 0 Å². The molecule has 3 aromatic carbocycles. The number of thioether (sulfide) groups is 2. The molecule has 0 saturated carbocycles. The molecule has 6 nitrogen and oxygen atoms in total. The van der Waals surface area contributed by atoms with Crippen LogP contribution in [0.2, 0.25) is 0 Å². The third-order valence-corrected chi connectivity index (χ3v) is 12.0. The van der Waals surface area contributed by atoms with E-state index in [1.54, 1.807) is 41.7 Å². The van der Waals surface area contributed by atoms with E-state index in [0.717, 1.165) is 64.0 Å². The summed E-state index contributed by atoms with van der Waals surface area (Å²) in [6, 6.07) is 16.8. The lowest BCUT2D eigenvalue weighted by atomic mass is 10.1.